The van der Waals surface area contributed by atoms with Crippen LogP contribution < -0.4 is 10.6 Å². The normalized spacial score (nSPS) is 17.8. The predicted octanol–water partition coefficient (Wildman–Crippen LogP) is 1.37. The lowest BCUT2D eigenvalue weighted by atomic mass is 10.2. The third-order valence-corrected chi connectivity index (χ3v) is 3.73. The third kappa shape index (κ3) is 3.09. The minimum atomic E-state index is 0.767. The van der Waals surface area contributed by atoms with Gasteiger partial charge in [0.05, 0.1) is 0 Å². The summed E-state index contributed by atoms with van der Waals surface area (Å²) in [6, 6.07) is 8.75. The lowest BCUT2D eigenvalue weighted by molar-refractivity contribution is 0.265. The van der Waals surface area contributed by atoms with Crippen LogP contribution in [0.25, 0.3) is 0 Å². The van der Waals surface area contributed by atoms with Crippen LogP contribution in [-0.2, 0) is 0 Å². The number of nitrogens with two attached hydrogens (primary N) is 1. The molecule has 0 aromatic heterocycles. The van der Waals surface area contributed by atoms with Crippen LogP contribution in [0.2, 0.25) is 0 Å². The highest BCUT2D eigenvalue weighted by molar-refractivity contribution is 14.1. The average molecular weight is 331 g/mol. The second kappa shape index (κ2) is 5.84. The van der Waals surface area contributed by atoms with E-state index in [-0.39, 0.29) is 0 Å². The minimum Gasteiger partial charge on any atom is -0.369 e. The number of benzene rings is 1. The molecule has 16 heavy (non-hydrogen) atoms. The quantitative estimate of drug-likeness (QED) is 0.850. The van der Waals surface area contributed by atoms with Crippen LogP contribution in [0.3, 0.4) is 0 Å². The van der Waals surface area contributed by atoms with Crippen LogP contribution in [0.4, 0.5) is 5.69 Å². The Labute approximate surface area is 111 Å². The van der Waals surface area contributed by atoms with Crippen LogP contribution >= 0.6 is 22.6 Å². The molecular formula is C12H18IN3. The molecule has 0 radical (unpaired) electrons. The monoisotopic (exact) mass is 331 g/mol. The molecular weight excluding hydrogens is 313 g/mol. The van der Waals surface area contributed by atoms with Crippen molar-refractivity contribution < 1.29 is 0 Å². The topological polar surface area (TPSA) is 32.5 Å². The highest BCUT2D eigenvalue weighted by Crippen LogP contribution is 2.17. The molecule has 0 aliphatic carbocycles. The van der Waals surface area contributed by atoms with Crippen molar-refractivity contribution in [1.29, 1.82) is 0 Å². The van der Waals surface area contributed by atoms with E-state index >= 15 is 0 Å². The molecule has 0 amide bonds. The summed E-state index contributed by atoms with van der Waals surface area (Å²) >= 11 is 2.34. The Bertz CT molecular complexity index is 318. The molecule has 1 aromatic rings. The molecule has 0 bridgehead atoms. The van der Waals surface area contributed by atoms with E-state index in [1.165, 1.54) is 9.26 Å². The Kier molecular flexibility index (Phi) is 4.43. The van der Waals surface area contributed by atoms with Crippen molar-refractivity contribution in [2.45, 2.75) is 0 Å². The first kappa shape index (κ1) is 12.1. The van der Waals surface area contributed by atoms with E-state index in [2.05, 4.69) is 56.7 Å². The molecule has 1 saturated heterocycles. The molecule has 1 aliphatic rings. The van der Waals surface area contributed by atoms with Crippen LogP contribution in [0.15, 0.2) is 24.3 Å². The SMILES string of the molecule is NCCN1CCN(c2ccc(I)cc2)CC1. The van der Waals surface area contributed by atoms with Gasteiger partial charge in [-0.05, 0) is 46.9 Å². The molecule has 1 aliphatic heterocycles. The standard InChI is InChI=1S/C12H18IN3/c13-11-1-3-12(4-2-11)16-9-7-15(6-5-14)8-10-16/h1-4H,5-10,14H2. The number of nitrogens with zero attached hydrogens (tertiary/aromatic N) is 2. The van der Waals surface area contributed by atoms with Crippen LogP contribution in [0.5, 0.6) is 0 Å². The summed E-state index contributed by atoms with van der Waals surface area (Å²) in [5.41, 5.74) is 6.91. The Morgan fingerprint density at radius 1 is 1.06 bits per heavy atom. The molecule has 1 fully saturated rings. The van der Waals surface area contributed by atoms with E-state index in [1.54, 1.807) is 0 Å². The lowest BCUT2D eigenvalue weighted by Gasteiger charge is -2.35. The summed E-state index contributed by atoms with van der Waals surface area (Å²) in [6.45, 7) is 6.28. The predicted molar refractivity (Wildman–Crippen MR) is 76.9 cm³/mol. The van der Waals surface area contributed by atoms with E-state index in [0.29, 0.717) is 0 Å². The molecule has 88 valence electrons. The Morgan fingerprint density at radius 2 is 1.69 bits per heavy atom. The van der Waals surface area contributed by atoms with Gasteiger partial charge >= 0.3 is 0 Å². The molecule has 2 N–H and O–H groups in total. The van der Waals surface area contributed by atoms with E-state index in [0.717, 1.165) is 39.3 Å². The first-order chi connectivity index (χ1) is 7.79. The molecule has 3 nitrogen and oxygen atoms in total. The summed E-state index contributed by atoms with van der Waals surface area (Å²) < 4.78 is 1.29. The smallest absolute Gasteiger partial charge is 0.0367 e. The Morgan fingerprint density at radius 3 is 2.25 bits per heavy atom. The first-order valence-electron chi connectivity index (χ1n) is 5.72. The van der Waals surface area contributed by atoms with E-state index < -0.39 is 0 Å². The number of hydrogen-bond acceptors (Lipinski definition) is 3. The van der Waals surface area contributed by atoms with Crippen molar-refractivity contribution in [2.75, 3.05) is 44.2 Å². The van der Waals surface area contributed by atoms with Gasteiger partial charge in [0.1, 0.15) is 0 Å². The van der Waals surface area contributed by atoms with Gasteiger partial charge in [-0.3, -0.25) is 4.90 Å². The average Bonchev–Trinajstić information content (AvgIpc) is 2.32. The third-order valence-electron chi connectivity index (χ3n) is 3.01. The highest BCUT2D eigenvalue weighted by Gasteiger charge is 2.15. The van der Waals surface area contributed by atoms with Crippen molar-refractivity contribution in [3.8, 4) is 0 Å². The highest BCUT2D eigenvalue weighted by atomic mass is 127. The summed E-state index contributed by atoms with van der Waals surface area (Å²) in [4.78, 5) is 4.88. The fourth-order valence-corrected chi connectivity index (χ4v) is 2.42. The van der Waals surface area contributed by atoms with Gasteiger partial charge in [-0.1, -0.05) is 0 Å². The van der Waals surface area contributed by atoms with Crippen molar-refractivity contribution in [1.82, 2.24) is 4.90 Å². The number of anilines is 1. The zero-order chi connectivity index (χ0) is 11.4. The lowest BCUT2D eigenvalue weighted by Crippen LogP contribution is -2.47. The van der Waals surface area contributed by atoms with Gasteiger partial charge < -0.3 is 10.6 Å². The van der Waals surface area contributed by atoms with Gasteiger partial charge in [0, 0.05) is 48.5 Å². The molecule has 1 heterocycles. The van der Waals surface area contributed by atoms with Gasteiger partial charge in [-0.25, -0.2) is 0 Å². The molecule has 0 spiro atoms. The van der Waals surface area contributed by atoms with Gasteiger partial charge in [0.2, 0.25) is 0 Å². The number of halogens is 1. The maximum Gasteiger partial charge on any atom is 0.0367 e. The second-order valence-corrected chi connectivity index (χ2v) is 5.34. The van der Waals surface area contributed by atoms with Gasteiger partial charge in [0.15, 0.2) is 0 Å². The Balaban J connectivity index is 1.91. The fraction of sp³-hybridized carbons (Fsp3) is 0.500. The van der Waals surface area contributed by atoms with Gasteiger partial charge in [-0.2, -0.15) is 0 Å². The minimum absolute atomic E-state index is 0.767. The number of hydrogen-bond donors (Lipinski definition) is 1. The fourth-order valence-electron chi connectivity index (χ4n) is 2.06. The first-order valence-corrected chi connectivity index (χ1v) is 6.80. The summed E-state index contributed by atoms with van der Waals surface area (Å²) in [7, 11) is 0. The van der Waals surface area contributed by atoms with Gasteiger partial charge in [-0.15, -0.1) is 0 Å². The van der Waals surface area contributed by atoms with E-state index in [9.17, 15) is 0 Å². The van der Waals surface area contributed by atoms with Crippen LogP contribution in [0, 0.1) is 3.57 Å². The molecule has 0 saturated carbocycles. The van der Waals surface area contributed by atoms with E-state index in [4.69, 9.17) is 5.73 Å². The van der Waals surface area contributed by atoms with Crippen LogP contribution in [0.1, 0.15) is 0 Å². The molecule has 0 unspecified atom stereocenters. The molecule has 4 heteroatoms. The summed E-state index contributed by atoms with van der Waals surface area (Å²) in [5, 5.41) is 0. The van der Waals surface area contributed by atoms with Crippen molar-refractivity contribution >= 4 is 28.3 Å². The number of rotatable bonds is 3. The summed E-state index contributed by atoms with van der Waals surface area (Å²) in [6.07, 6.45) is 0. The summed E-state index contributed by atoms with van der Waals surface area (Å²) in [5.74, 6) is 0. The Hall–Kier alpha value is -0.330. The zero-order valence-corrected chi connectivity index (χ0v) is 11.6. The molecule has 1 aromatic carbocycles. The van der Waals surface area contributed by atoms with E-state index in [1.807, 2.05) is 0 Å². The molecule has 2 rings (SSSR count). The van der Waals surface area contributed by atoms with Crippen molar-refractivity contribution in [3.63, 3.8) is 0 Å². The van der Waals surface area contributed by atoms with Crippen molar-refractivity contribution in [3.05, 3.63) is 27.8 Å². The largest absolute Gasteiger partial charge is 0.369 e. The zero-order valence-electron chi connectivity index (χ0n) is 9.40. The maximum atomic E-state index is 5.57. The molecule has 0 atom stereocenters. The van der Waals surface area contributed by atoms with Crippen molar-refractivity contribution in [2.24, 2.45) is 5.73 Å². The number of piperazine rings is 1. The van der Waals surface area contributed by atoms with Gasteiger partial charge in [0.25, 0.3) is 0 Å². The second-order valence-electron chi connectivity index (χ2n) is 4.09. The maximum absolute atomic E-state index is 5.57. The van der Waals surface area contributed by atoms with Crippen LogP contribution in [-0.4, -0.2) is 44.2 Å².